The van der Waals surface area contributed by atoms with Gasteiger partial charge < -0.3 is 19.8 Å². The standard InChI is InChI=1S/C21H16F2N6O4/c1-10-15(23)4-11(18-26-20(33-27-18)12-8-28(9-12)21(31)32)5-16(10)25-19(30)14-7-24-29-3-2-13(22)6-17(14)29/h2-7,12H,8-9H2,1H3,(H,25,30)(H,31,32). The third-order valence-electron chi connectivity index (χ3n) is 5.52. The molecule has 0 bridgehead atoms. The molecule has 168 valence electrons. The number of anilines is 1. The van der Waals surface area contributed by atoms with Crippen molar-refractivity contribution >= 4 is 23.2 Å². The summed E-state index contributed by atoms with van der Waals surface area (Å²) in [6.45, 7) is 1.97. The van der Waals surface area contributed by atoms with Gasteiger partial charge in [0.25, 0.3) is 5.91 Å². The molecule has 1 fully saturated rings. The molecule has 0 radical (unpaired) electrons. The summed E-state index contributed by atoms with van der Waals surface area (Å²) in [5.41, 5.74) is 1.02. The van der Waals surface area contributed by atoms with E-state index in [1.807, 2.05) is 0 Å². The number of halogens is 2. The first kappa shape index (κ1) is 20.5. The summed E-state index contributed by atoms with van der Waals surface area (Å²) in [5.74, 6) is -1.58. The molecule has 0 spiro atoms. The maximum Gasteiger partial charge on any atom is 0.407 e. The Labute approximate surface area is 184 Å². The van der Waals surface area contributed by atoms with Crippen LogP contribution in [0.25, 0.3) is 16.9 Å². The summed E-state index contributed by atoms with van der Waals surface area (Å²) in [6.07, 6.45) is 1.66. The van der Waals surface area contributed by atoms with Gasteiger partial charge in [-0.2, -0.15) is 10.1 Å². The zero-order valence-corrected chi connectivity index (χ0v) is 17.1. The van der Waals surface area contributed by atoms with Crippen molar-refractivity contribution in [3.63, 3.8) is 0 Å². The number of carbonyl (C=O) groups excluding carboxylic acids is 1. The minimum atomic E-state index is -1.03. The Balaban J connectivity index is 1.41. The molecule has 0 aliphatic carbocycles. The Morgan fingerprint density at radius 1 is 1.24 bits per heavy atom. The van der Waals surface area contributed by atoms with E-state index >= 15 is 0 Å². The second kappa shape index (κ2) is 7.65. The highest BCUT2D eigenvalue weighted by molar-refractivity contribution is 6.09. The third-order valence-corrected chi connectivity index (χ3v) is 5.52. The van der Waals surface area contributed by atoms with Crippen molar-refractivity contribution in [3.8, 4) is 11.4 Å². The number of benzene rings is 1. The van der Waals surface area contributed by atoms with E-state index in [-0.39, 0.29) is 58.6 Å². The average Bonchev–Trinajstić information content (AvgIpc) is 3.37. The third kappa shape index (κ3) is 3.64. The van der Waals surface area contributed by atoms with E-state index in [1.54, 1.807) is 0 Å². The molecule has 2 amide bonds. The van der Waals surface area contributed by atoms with Crippen LogP contribution in [0.5, 0.6) is 0 Å². The molecule has 1 aromatic carbocycles. The first-order valence-corrected chi connectivity index (χ1v) is 9.86. The van der Waals surface area contributed by atoms with Gasteiger partial charge in [-0.3, -0.25) is 4.79 Å². The Kier molecular flexibility index (Phi) is 4.77. The lowest BCUT2D eigenvalue weighted by Crippen LogP contribution is -2.47. The van der Waals surface area contributed by atoms with Gasteiger partial charge in [0.1, 0.15) is 11.6 Å². The molecule has 0 unspecified atom stereocenters. The Bertz CT molecular complexity index is 1410. The van der Waals surface area contributed by atoms with Gasteiger partial charge in [0.05, 0.1) is 23.2 Å². The number of rotatable bonds is 4. The normalized spacial score (nSPS) is 13.8. The molecule has 1 saturated heterocycles. The van der Waals surface area contributed by atoms with Crippen molar-refractivity contribution in [2.75, 3.05) is 18.4 Å². The first-order chi connectivity index (χ1) is 15.8. The zero-order chi connectivity index (χ0) is 23.3. The van der Waals surface area contributed by atoms with Crippen LogP contribution >= 0.6 is 0 Å². The number of nitrogens with zero attached hydrogens (tertiary/aromatic N) is 5. The van der Waals surface area contributed by atoms with Crippen LogP contribution in [0.2, 0.25) is 0 Å². The van der Waals surface area contributed by atoms with Crippen LogP contribution in [-0.2, 0) is 0 Å². The Morgan fingerprint density at radius 2 is 2.03 bits per heavy atom. The molecule has 1 aliphatic heterocycles. The van der Waals surface area contributed by atoms with E-state index in [9.17, 15) is 18.4 Å². The highest BCUT2D eigenvalue weighted by Gasteiger charge is 2.35. The van der Waals surface area contributed by atoms with Gasteiger partial charge in [0.2, 0.25) is 11.7 Å². The molecule has 4 aromatic rings. The SMILES string of the molecule is Cc1c(F)cc(-c2noc(C3CN(C(=O)O)C3)n2)cc1NC(=O)c1cnn2ccc(F)cc12. The van der Waals surface area contributed by atoms with Crippen molar-refractivity contribution in [2.45, 2.75) is 12.8 Å². The fourth-order valence-electron chi connectivity index (χ4n) is 3.57. The summed E-state index contributed by atoms with van der Waals surface area (Å²) in [7, 11) is 0. The fraction of sp³-hybridized carbons (Fsp3) is 0.190. The molecule has 0 saturated carbocycles. The molecule has 33 heavy (non-hydrogen) atoms. The maximum absolute atomic E-state index is 14.6. The number of carbonyl (C=O) groups is 2. The number of hydrogen-bond donors (Lipinski definition) is 2. The quantitative estimate of drug-likeness (QED) is 0.485. The van der Waals surface area contributed by atoms with Crippen molar-refractivity contribution in [1.82, 2.24) is 24.7 Å². The van der Waals surface area contributed by atoms with Crippen molar-refractivity contribution < 1.29 is 28.0 Å². The lowest BCUT2D eigenvalue weighted by Gasteiger charge is -2.34. The molecule has 5 rings (SSSR count). The van der Waals surface area contributed by atoms with Crippen LogP contribution in [0.4, 0.5) is 19.3 Å². The highest BCUT2D eigenvalue weighted by atomic mass is 19.1. The smallest absolute Gasteiger partial charge is 0.407 e. The predicted octanol–water partition coefficient (Wildman–Crippen LogP) is 3.30. The van der Waals surface area contributed by atoms with E-state index in [2.05, 4.69) is 20.6 Å². The van der Waals surface area contributed by atoms with Crippen LogP contribution in [0, 0.1) is 18.6 Å². The van der Waals surface area contributed by atoms with Gasteiger partial charge in [-0.05, 0) is 25.1 Å². The number of carboxylic acid groups (broad SMARTS) is 1. The van der Waals surface area contributed by atoms with Crippen LogP contribution in [0.15, 0.2) is 41.2 Å². The van der Waals surface area contributed by atoms with Gasteiger partial charge in [-0.25, -0.2) is 18.1 Å². The van der Waals surface area contributed by atoms with Crippen molar-refractivity contribution in [2.24, 2.45) is 0 Å². The van der Waals surface area contributed by atoms with Gasteiger partial charge >= 0.3 is 6.09 Å². The summed E-state index contributed by atoms with van der Waals surface area (Å²) >= 11 is 0. The minimum Gasteiger partial charge on any atom is -0.465 e. The predicted molar refractivity (Wildman–Crippen MR) is 110 cm³/mol. The largest absolute Gasteiger partial charge is 0.465 e. The number of fused-ring (bicyclic) bond motifs is 1. The average molecular weight is 454 g/mol. The topological polar surface area (TPSA) is 126 Å². The summed E-state index contributed by atoms with van der Waals surface area (Å²) in [4.78, 5) is 29.2. The van der Waals surface area contributed by atoms with Crippen molar-refractivity contribution in [3.05, 3.63) is 65.3 Å². The molecular weight excluding hydrogens is 438 g/mol. The molecule has 2 N–H and O–H groups in total. The fourth-order valence-corrected chi connectivity index (χ4v) is 3.57. The second-order valence-electron chi connectivity index (χ2n) is 7.66. The number of likely N-dealkylation sites (tertiary alicyclic amines) is 1. The van der Waals surface area contributed by atoms with Crippen LogP contribution in [0.1, 0.15) is 27.7 Å². The van der Waals surface area contributed by atoms with Crippen molar-refractivity contribution in [1.29, 1.82) is 0 Å². The number of nitrogens with one attached hydrogen (secondary N) is 1. The lowest BCUT2D eigenvalue weighted by atomic mass is 10.0. The molecule has 10 nitrogen and oxygen atoms in total. The highest BCUT2D eigenvalue weighted by Crippen LogP contribution is 2.30. The van der Waals surface area contributed by atoms with E-state index in [0.29, 0.717) is 0 Å². The molecular formula is C21H16F2N6O4. The van der Waals surface area contributed by atoms with E-state index in [0.717, 1.165) is 0 Å². The summed E-state index contributed by atoms with van der Waals surface area (Å²) in [5, 5.41) is 19.5. The number of amides is 2. The number of aromatic nitrogens is 4. The van der Waals surface area contributed by atoms with Crippen LogP contribution < -0.4 is 5.32 Å². The van der Waals surface area contributed by atoms with Gasteiger partial charge in [-0.15, -0.1) is 0 Å². The van der Waals surface area contributed by atoms with Gasteiger partial charge in [-0.1, -0.05) is 5.16 Å². The van der Waals surface area contributed by atoms with Gasteiger partial charge in [0.15, 0.2) is 0 Å². The van der Waals surface area contributed by atoms with Gasteiger partial charge in [0, 0.05) is 42.2 Å². The van der Waals surface area contributed by atoms with Crippen LogP contribution in [-0.4, -0.2) is 54.9 Å². The van der Waals surface area contributed by atoms with Crippen LogP contribution in [0.3, 0.4) is 0 Å². The minimum absolute atomic E-state index is 0.103. The van der Waals surface area contributed by atoms with E-state index < -0.39 is 23.6 Å². The monoisotopic (exact) mass is 454 g/mol. The maximum atomic E-state index is 14.6. The van der Waals surface area contributed by atoms with E-state index in [4.69, 9.17) is 9.63 Å². The number of hydrogen-bond acceptors (Lipinski definition) is 6. The summed E-state index contributed by atoms with van der Waals surface area (Å²) in [6, 6.07) is 5.11. The molecule has 12 heteroatoms. The summed E-state index contributed by atoms with van der Waals surface area (Å²) < 4.78 is 34.8. The Morgan fingerprint density at radius 3 is 2.79 bits per heavy atom. The first-order valence-electron chi connectivity index (χ1n) is 9.86. The number of pyridine rings is 1. The molecule has 1 aliphatic rings. The Hall–Kier alpha value is -4.35. The second-order valence-corrected chi connectivity index (χ2v) is 7.66. The zero-order valence-electron chi connectivity index (χ0n) is 17.1. The van der Waals surface area contributed by atoms with E-state index in [1.165, 1.54) is 53.0 Å². The lowest BCUT2D eigenvalue weighted by molar-refractivity contribution is 0.0958. The molecule has 4 heterocycles. The molecule has 0 atom stereocenters. The molecule has 3 aromatic heterocycles.